The van der Waals surface area contributed by atoms with Gasteiger partial charge in [0, 0.05) is 12.6 Å². The van der Waals surface area contributed by atoms with Gasteiger partial charge in [-0.3, -0.25) is 4.90 Å². The Morgan fingerprint density at radius 2 is 1.83 bits per heavy atom. The summed E-state index contributed by atoms with van der Waals surface area (Å²) in [6.45, 7) is 4.55. The molecule has 0 aliphatic carbocycles. The summed E-state index contributed by atoms with van der Waals surface area (Å²) in [5, 5.41) is 11.8. The minimum absolute atomic E-state index is 0.0231. The molecule has 1 aliphatic heterocycles. The van der Waals surface area contributed by atoms with E-state index in [2.05, 4.69) is 20.4 Å². The van der Waals surface area contributed by atoms with Crippen molar-refractivity contribution in [2.45, 2.75) is 70.7 Å². The van der Waals surface area contributed by atoms with Crippen molar-refractivity contribution in [3.8, 4) is 0 Å². The number of ether oxygens (including phenoxy) is 1. The molecule has 222 valence electrons. The van der Waals surface area contributed by atoms with Gasteiger partial charge in [0.25, 0.3) is 5.95 Å². The van der Waals surface area contributed by atoms with Crippen LogP contribution in [0.25, 0.3) is 0 Å². The molecule has 0 saturated heterocycles. The van der Waals surface area contributed by atoms with Crippen LogP contribution in [0.15, 0.2) is 30.3 Å². The van der Waals surface area contributed by atoms with Crippen LogP contribution in [-0.2, 0) is 30.7 Å². The van der Waals surface area contributed by atoms with E-state index in [0.717, 1.165) is 29.1 Å². The van der Waals surface area contributed by atoms with Crippen molar-refractivity contribution in [1.29, 1.82) is 0 Å². The largest absolute Gasteiger partial charge is 0.446 e. The lowest BCUT2D eigenvalue weighted by atomic mass is 9.91. The standard InChI is InChI=1S/C25H26F7N7O2/c1-5-17-11-19(21-18(39(17)23(40)41-13(2)3)6-7-20(33-21)25(30,31)32)38(22-34-36-37(4)35-22)12-14-8-15(24(27,28)29)10-16(26)9-14/h6-10,13,17,19H,5,11-12H2,1-4H3/t17-,19-/m1/s1. The van der Waals surface area contributed by atoms with Gasteiger partial charge in [0.05, 0.1) is 36.1 Å². The second-order valence-corrected chi connectivity index (χ2v) is 9.77. The number of aromatic nitrogens is 5. The Balaban J connectivity index is 1.90. The van der Waals surface area contributed by atoms with Crippen LogP contribution in [-0.4, -0.2) is 43.4 Å². The van der Waals surface area contributed by atoms with Crippen molar-refractivity contribution >= 4 is 17.7 Å². The van der Waals surface area contributed by atoms with Gasteiger partial charge in [0.2, 0.25) is 0 Å². The average Bonchev–Trinajstić information content (AvgIpc) is 3.30. The number of hydrogen-bond acceptors (Lipinski definition) is 7. The molecule has 0 spiro atoms. The van der Waals surface area contributed by atoms with Gasteiger partial charge in [-0.15, -0.1) is 5.10 Å². The molecule has 41 heavy (non-hydrogen) atoms. The van der Waals surface area contributed by atoms with Gasteiger partial charge in [-0.25, -0.2) is 14.2 Å². The first-order chi connectivity index (χ1) is 19.1. The smallest absolute Gasteiger partial charge is 0.433 e. The zero-order chi connectivity index (χ0) is 30.3. The van der Waals surface area contributed by atoms with Gasteiger partial charge in [0.15, 0.2) is 0 Å². The lowest BCUT2D eigenvalue weighted by Crippen LogP contribution is -2.49. The van der Waals surface area contributed by atoms with Crippen molar-refractivity contribution in [3.63, 3.8) is 0 Å². The van der Waals surface area contributed by atoms with E-state index in [0.29, 0.717) is 12.5 Å². The molecule has 3 aromatic rings. The van der Waals surface area contributed by atoms with E-state index < -0.39 is 60.3 Å². The van der Waals surface area contributed by atoms with Crippen LogP contribution in [0, 0.1) is 5.82 Å². The van der Waals surface area contributed by atoms with E-state index in [-0.39, 0.29) is 29.3 Å². The van der Waals surface area contributed by atoms with Crippen LogP contribution < -0.4 is 9.80 Å². The molecule has 2 aromatic heterocycles. The van der Waals surface area contributed by atoms with E-state index in [1.54, 1.807) is 20.8 Å². The van der Waals surface area contributed by atoms with E-state index in [4.69, 9.17) is 4.74 Å². The van der Waals surface area contributed by atoms with E-state index in [9.17, 15) is 35.5 Å². The Morgan fingerprint density at radius 3 is 2.39 bits per heavy atom. The normalized spacial score (nSPS) is 17.5. The number of rotatable bonds is 6. The number of carbonyl (C=O) groups is 1. The Hall–Kier alpha value is -3.98. The summed E-state index contributed by atoms with van der Waals surface area (Å²) in [6.07, 6.45) is -10.7. The summed E-state index contributed by atoms with van der Waals surface area (Å²) in [7, 11) is 1.42. The highest BCUT2D eigenvalue weighted by molar-refractivity contribution is 5.90. The Labute approximate surface area is 229 Å². The van der Waals surface area contributed by atoms with E-state index >= 15 is 0 Å². The molecule has 3 heterocycles. The zero-order valence-electron chi connectivity index (χ0n) is 22.3. The highest BCUT2D eigenvalue weighted by Gasteiger charge is 2.43. The van der Waals surface area contributed by atoms with Gasteiger partial charge in [-0.1, -0.05) is 12.0 Å². The number of anilines is 2. The Morgan fingerprint density at radius 1 is 1.12 bits per heavy atom. The molecule has 0 fully saturated rings. The van der Waals surface area contributed by atoms with E-state index in [1.165, 1.54) is 16.8 Å². The monoisotopic (exact) mass is 589 g/mol. The van der Waals surface area contributed by atoms with Gasteiger partial charge in [-0.2, -0.15) is 31.1 Å². The number of halogens is 7. The van der Waals surface area contributed by atoms with Crippen molar-refractivity contribution < 1.29 is 40.3 Å². The predicted molar refractivity (Wildman–Crippen MR) is 131 cm³/mol. The van der Waals surface area contributed by atoms with Crippen molar-refractivity contribution in [2.24, 2.45) is 7.05 Å². The van der Waals surface area contributed by atoms with Crippen LogP contribution in [0.3, 0.4) is 0 Å². The fraction of sp³-hybridized carbons (Fsp3) is 0.480. The third-order valence-electron chi connectivity index (χ3n) is 6.40. The fourth-order valence-corrected chi connectivity index (χ4v) is 4.69. The van der Waals surface area contributed by atoms with Gasteiger partial charge in [-0.05, 0) is 67.8 Å². The first kappa shape index (κ1) is 30.0. The lowest BCUT2D eigenvalue weighted by Gasteiger charge is -2.43. The molecule has 9 nitrogen and oxygen atoms in total. The topological polar surface area (TPSA) is 89.3 Å². The summed E-state index contributed by atoms with van der Waals surface area (Å²) in [4.78, 5) is 20.5. The summed E-state index contributed by atoms with van der Waals surface area (Å²) < 4.78 is 101. The number of benzene rings is 1. The van der Waals surface area contributed by atoms with Crippen LogP contribution in [0.5, 0.6) is 0 Å². The number of tetrazole rings is 1. The number of amides is 1. The van der Waals surface area contributed by atoms with Crippen LogP contribution >= 0.6 is 0 Å². The molecule has 1 amide bonds. The molecule has 1 aromatic carbocycles. The molecule has 2 atom stereocenters. The predicted octanol–water partition coefficient (Wildman–Crippen LogP) is 6.06. The van der Waals surface area contributed by atoms with E-state index in [1.807, 2.05) is 0 Å². The van der Waals surface area contributed by atoms with Gasteiger partial charge < -0.3 is 9.64 Å². The van der Waals surface area contributed by atoms with Crippen LogP contribution in [0.4, 0.5) is 47.2 Å². The molecule has 0 N–H and O–H groups in total. The Bertz CT molecular complexity index is 1410. The molecule has 16 heteroatoms. The maximum Gasteiger partial charge on any atom is 0.433 e. The minimum atomic E-state index is -4.85. The number of carbonyl (C=O) groups excluding carboxylic acids is 1. The van der Waals surface area contributed by atoms with Crippen molar-refractivity contribution in [2.75, 3.05) is 9.80 Å². The number of hydrogen-bond donors (Lipinski definition) is 0. The van der Waals surface area contributed by atoms with Gasteiger partial charge in [0.1, 0.15) is 11.5 Å². The number of nitrogens with zero attached hydrogens (tertiary/aromatic N) is 7. The molecular formula is C25H26F7N7O2. The first-order valence-corrected chi connectivity index (χ1v) is 12.5. The summed E-state index contributed by atoms with van der Waals surface area (Å²) in [5.74, 6) is -1.30. The third-order valence-corrected chi connectivity index (χ3v) is 6.40. The molecule has 0 unspecified atom stereocenters. The second kappa shape index (κ2) is 11.1. The first-order valence-electron chi connectivity index (χ1n) is 12.5. The second-order valence-electron chi connectivity index (χ2n) is 9.77. The average molecular weight is 590 g/mol. The fourth-order valence-electron chi connectivity index (χ4n) is 4.69. The van der Waals surface area contributed by atoms with Crippen LogP contribution in [0.2, 0.25) is 0 Å². The maximum atomic E-state index is 14.3. The van der Waals surface area contributed by atoms with Crippen LogP contribution in [0.1, 0.15) is 62.2 Å². The number of fused-ring (bicyclic) bond motifs is 1. The maximum absolute atomic E-state index is 14.3. The van der Waals surface area contributed by atoms with Crippen molar-refractivity contribution in [1.82, 2.24) is 25.2 Å². The summed E-state index contributed by atoms with van der Waals surface area (Å²) in [6, 6.07) is 2.10. The molecule has 0 radical (unpaired) electrons. The number of pyridine rings is 1. The molecule has 4 rings (SSSR count). The van der Waals surface area contributed by atoms with Crippen molar-refractivity contribution in [3.05, 3.63) is 58.7 Å². The lowest BCUT2D eigenvalue weighted by molar-refractivity contribution is -0.141. The molecule has 1 aliphatic rings. The molecular weight excluding hydrogens is 563 g/mol. The SMILES string of the molecule is CC[C@@H]1C[C@@H](N(Cc2cc(F)cc(C(F)(F)F)c2)c2nnn(C)n2)c2nc(C(F)(F)F)ccc2N1C(=O)OC(C)C. The summed E-state index contributed by atoms with van der Waals surface area (Å²) in [5.41, 5.74) is -2.81. The highest BCUT2D eigenvalue weighted by Crippen LogP contribution is 2.44. The zero-order valence-corrected chi connectivity index (χ0v) is 22.3. The Kier molecular flexibility index (Phi) is 8.14. The summed E-state index contributed by atoms with van der Waals surface area (Å²) >= 11 is 0. The highest BCUT2D eigenvalue weighted by atomic mass is 19.4. The quantitative estimate of drug-likeness (QED) is 0.323. The number of aryl methyl sites for hydroxylation is 1. The molecule has 0 saturated carbocycles. The minimum Gasteiger partial charge on any atom is -0.446 e. The third kappa shape index (κ3) is 6.51. The molecule has 0 bridgehead atoms. The number of alkyl halides is 6. The van der Waals surface area contributed by atoms with Gasteiger partial charge >= 0.3 is 18.4 Å².